The van der Waals surface area contributed by atoms with Crippen LogP contribution in [-0.4, -0.2) is 0 Å². The molecule has 0 aliphatic rings. The molecule has 23 heavy (non-hydrogen) atoms. The minimum Gasteiger partial charge on any atom is -0.103 e. The zero-order chi connectivity index (χ0) is 16.3. The number of hydrogen-bond acceptors (Lipinski definition) is 0. The third-order valence-electron chi connectivity index (χ3n) is 4.18. The molecule has 0 bridgehead atoms. The van der Waals surface area contributed by atoms with Crippen LogP contribution in [0, 0.1) is 0 Å². The van der Waals surface area contributed by atoms with E-state index in [1.165, 1.54) is 5.56 Å². The van der Waals surface area contributed by atoms with Crippen molar-refractivity contribution < 1.29 is 0 Å². The highest BCUT2D eigenvalue weighted by molar-refractivity contribution is 6.34. The van der Waals surface area contributed by atoms with Gasteiger partial charge in [0.1, 0.15) is 4.87 Å². The van der Waals surface area contributed by atoms with E-state index in [4.69, 9.17) is 23.2 Å². The molecule has 0 aromatic heterocycles. The smallest absolute Gasteiger partial charge is 0.103 e. The second-order valence-corrected chi connectivity index (χ2v) is 6.53. The lowest BCUT2D eigenvalue weighted by Crippen LogP contribution is -2.22. The SMILES string of the molecule is CCc1ccc(C(Cl)(c2ccccc2)c2ccccc2Cl)cc1. The van der Waals surface area contributed by atoms with Crippen LogP contribution in [0.3, 0.4) is 0 Å². The van der Waals surface area contributed by atoms with Gasteiger partial charge in [-0.05, 0) is 29.2 Å². The lowest BCUT2D eigenvalue weighted by Gasteiger charge is -2.30. The number of benzene rings is 3. The fourth-order valence-electron chi connectivity index (χ4n) is 2.86. The van der Waals surface area contributed by atoms with Crippen molar-refractivity contribution in [2.24, 2.45) is 0 Å². The predicted molar refractivity (Wildman–Crippen MR) is 99.4 cm³/mol. The minimum atomic E-state index is -0.800. The fraction of sp³-hybridized carbons (Fsp3) is 0.143. The summed E-state index contributed by atoms with van der Waals surface area (Å²) in [5, 5.41) is 0.672. The maximum atomic E-state index is 7.23. The second kappa shape index (κ2) is 6.78. The molecule has 0 saturated carbocycles. The van der Waals surface area contributed by atoms with Crippen molar-refractivity contribution in [1.82, 2.24) is 0 Å². The van der Waals surface area contributed by atoms with Crippen LogP contribution in [0.15, 0.2) is 78.9 Å². The van der Waals surface area contributed by atoms with Crippen LogP contribution in [0.5, 0.6) is 0 Å². The van der Waals surface area contributed by atoms with Gasteiger partial charge in [0.2, 0.25) is 0 Å². The van der Waals surface area contributed by atoms with Crippen LogP contribution < -0.4 is 0 Å². The van der Waals surface area contributed by atoms with Crippen LogP contribution in [0.4, 0.5) is 0 Å². The van der Waals surface area contributed by atoms with Crippen molar-refractivity contribution in [3.8, 4) is 0 Å². The summed E-state index contributed by atoms with van der Waals surface area (Å²) in [6.07, 6.45) is 1.01. The summed E-state index contributed by atoms with van der Waals surface area (Å²) in [6.45, 7) is 2.15. The highest BCUT2D eigenvalue weighted by Gasteiger charge is 2.35. The van der Waals surface area contributed by atoms with Crippen LogP contribution in [0.25, 0.3) is 0 Å². The van der Waals surface area contributed by atoms with Gasteiger partial charge in [-0.2, -0.15) is 0 Å². The van der Waals surface area contributed by atoms with Gasteiger partial charge in [0.15, 0.2) is 0 Å². The van der Waals surface area contributed by atoms with E-state index in [1.807, 2.05) is 54.6 Å². The Morgan fingerprint density at radius 3 is 1.91 bits per heavy atom. The molecule has 0 saturated heterocycles. The average Bonchev–Trinajstić information content (AvgIpc) is 2.62. The van der Waals surface area contributed by atoms with Gasteiger partial charge in [-0.15, -0.1) is 11.6 Å². The minimum absolute atomic E-state index is 0.672. The predicted octanol–water partition coefficient (Wildman–Crippen LogP) is 6.43. The molecule has 0 aliphatic carbocycles. The lowest BCUT2D eigenvalue weighted by atomic mass is 9.83. The van der Waals surface area contributed by atoms with E-state index in [9.17, 15) is 0 Å². The largest absolute Gasteiger partial charge is 0.121 e. The maximum Gasteiger partial charge on any atom is 0.121 e. The van der Waals surface area contributed by atoms with Gasteiger partial charge in [0.25, 0.3) is 0 Å². The van der Waals surface area contributed by atoms with E-state index in [0.717, 1.165) is 23.1 Å². The first-order valence-electron chi connectivity index (χ1n) is 7.75. The Morgan fingerprint density at radius 1 is 0.739 bits per heavy atom. The Bertz CT molecular complexity index is 778. The average molecular weight is 341 g/mol. The highest BCUT2D eigenvalue weighted by atomic mass is 35.5. The van der Waals surface area contributed by atoms with Crippen LogP contribution >= 0.6 is 23.2 Å². The number of alkyl halides is 1. The Kier molecular flexibility index (Phi) is 4.75. The summed E-state index contributed by atoms with van der Waals surface area (Å²) in [5.41, 5.74) is 4.23. The second-order valence-electron chi connectivity index (χ2n) is 5.55. The van der Waals surface area contributed by atoms with E-state index in [1.54, 1.807) is 0 Å². The lowest BCUT2D eigenvalue weighted by molar-refractivity contribution is 0.877. The monoisotopic (exact) mass is 340 g/mol. The normalized spacial score (nSPS) is 13.5. The van der Waals surface area contributed by atoms with Gasteiger partial charge in [0, 0.05) is 10.6 Å². The molecule has 1 unspecified atom stereocenters. The topological polar surface area (TPSA) is 0 Å². The first-order valence-corrected chi connectivity index (χ1v) is 8.50. The van der Waals surface area contributed by atoms with Crippen molar-refractivity contribution in [2.75, 3.05) is 0 Å². The van der Waals surface area contributed by atoms with E-state index in [2.05, 4.69) is 31.2 Å². The molecule has 0 aliphatic heterocycles. The van der Waals surface area contributed by atoms with E-state index < -0.39 is 4.87 Å². The first-order chi connectivity index (χ1) is 11.2. The Labute approximate surface area is 147 Å². The molecule has 3 aromatic rings. The Hall–Kier alpha value is -1.76. The van der Waals surface area contributed by atoms with Crippen molar-refractivity contribution in [2.45, 2.75) is 18.2 Å². The van der Waals surface area contributed by atoms with E-state index >= 15 is 0 Å². The first kappa shape index (κ1) is 16.1. The molecule has 2 heteroatoms. The van der Waals surface area contributed by atoms with Crippen LogP contribution in [-0.2, 0) is 11.3 Å². The van der Waals surface area contributed by atoms with Gasteiger partial charge in [-0.1, -0.05) is 91.3 Å². The molecule has 0 amide bonds. The van der Waals surface area contributed by atoms with Crippen LogP contribution in [0.1, 0.15) is 29.2 Å². The Morgan fingerprint density at radius 2 is 1.30 bits per heavy atom. The number of hydrogen-bond donors (Lipinski definition) is 0. The van der Waals surface area contributed by atoms with Crippen molar-refractivity contribution in [1.29, 1.82) is 0 Å². The summed E-state index contributed by atoms with van der Waals surface area (Å²) in [7, 11) is 0. The molecule has 0 heterocycles. The third-order valence-corrected chi connectivity index (χ3v) is 5.15. The molecule has 0 spiro atoms. The molecular weight excluding hydrogens is 323 g/mol. The number of rotatable bonds is 4. The molecule has 116 valence electrons. The van der Waals surface area contributed by atoms with Crippen molar-refractivity contribution in [3.63, 3.8) is 0 Å². The van der Waals surface area contributed by atoms with E-state index in [-0.39, 0.29) is 0 Å². The molecule has 0 N–H and O–H groups in total. The maximum absolute atomic E-state index is 7.23. The molecule has 0 nitrogen and oxygen atoms in total. The van der Waals surface area contributed by atoms with Crippen LogP contribution in [0.2, 0.25) is 5.02 Å². The van der Waals surface area contributed by atoms with Gasteiger partial charge < -0.3 is 0 Å². The number of halogens is 2. The number of aryl methyl sites for hydroxylation is 1. The summed E-state index contributed by atoms with van der Waals surface area (Å²) >= 11 is 13.7. The highest BCUT2D eigenvalue weighted by Crippen LogP contribution is 2.45. The summed E-state index contributed by atoms with van der Waals surface area (Å²) in [4.78, 5) is -0.800. The van der Waals surface area contributed by atoms with Gasteiger partial charge in [0.05, 0.1) is 0 Å². The Balaban J connectivity index is 2.23. The standard InChI is InChI=1S/C21H18Cl2/c1-2-16-12-14-18(15-13-16)21(23,17-8-4-3-5-9-17)19-10-6-7-11-20(19)22/h3-15H,2H2,1H3. The molecular formula is C21H18Cl2. The zero-order valence-electron chi connectivity index (χ0n) is 13.0. The van der Waals surface area contributed by atoms with Crippen molar-refractivity contribution >= 4 is 23.2 Å². The molecule has 3 aromatic carbocycles. The summed E-state index contributed by atoms with van der Waals surface area (Å²) in [6, 6.07) is 26.3. The van der Waals surface area contributed by atoms with E-state index in [0.29, 0.717) is 5.02 Å². The van der Waals surface area contributed by atoms with Gasteiger partial charge in [-0.3, -0.25) is 0 Å². The quantitative estimate of drug-likeness (QED) is 0.379. The molecule has 1 atom stereocenters. The third kappa shape index (κ3) is 3.02. The molecule has 0 radical (unpaired) electrons. The van der Waals surface area contributed by atoms with Crippen molar-refractivity contribution in [3.05, 3.63) is 106 Å². The molecule has 3 rings (SSSR count). The summed E-state index contributed by atoms with van der Waals surface area (Å²) in [5.74, 6) is 0. The zero-order valence-corrected chi connectivity index (χ0v) is 14.5. The van der Waals surface area contributed by atoms with Gasteiger partial charge in [-0.25, -0.2) is 0 Å². The van der Waals surface area contributed by atoms with Gasteiger partial charge >= 0.3 is 0 Å². The summed E-state index contributed by atoms with van der Waals surface area (Å²) < 4.78 is 0. The fourth-order valence-corrected chi connectivity index (χ4v) is 3.60. The molecule has 0 fully saturated rings.